The second-order valence-corrected chi connectivity index (χ2v) is 4.46. The van der Waals surface area contributed by atoms with Gasteiger partial charge in [0.1, 0.15) is 18.0 Å². The van der Waals surface area contributed by atoms with Crippen molar-refractivity contribution in [3.63, 3.8) is 0 Å². The van der Waals surface area contributed by atoms with Gasteiger partial charge >= 0.3 is 0 Å². The molecule has 110 valence electrons. The van der Waals surface area contributed by atoms with Crippen molar-refractivity contribution in [1.82, 2.24) is 0 Å². The fourth-order valence-corrected chi connectivity index (χ4v) is 1.92. The third-order valence-electron chi connectivity index (χ3n) is 3.01. The Morgan fingerprint density at radius 2 is 1.95 bits per heavy atom. The number of benzene rings is 1. The van der Waals surface area contributed by atoms with Gasteiger partial charge in [0, 0.05) is 18.6 Å². The van der Waals surface area contributed by atoms with Crippen molar-refractivity contribution in [3.05, 3.63) is 34.4 Å². The fraction of sp³-hybridized carbons (Fsp3) is 0.500. The summed E-state index contributed by atoms with van der Waals surface area (Å²) < 4.78 is 10.6. The van der Waals surface area contributed by atoms with Crippen molar-refractivity contribution < 1.29 is 29.7 Å². The number of hydrogen-bond donors (Lipinski definition) is 3. The van der Waals surface area contributed by atoms with Gasteiger partial charge in [-0.1, -0.05) is 0 Å². The van der Waals surface area contributed by atoms with E-state index in [-0.39, 0.29) is 17.9 Å². The van der Waals surface area contributed by atoms with Gasteiger partial charge in [-0.25, -0.2) is 0 Å². The number of rotatable bonds is 4. The molecule has 0 amide bonds. The molecule has 2 rings (SSSR count). The van der Waals surface area contributed by atoms with Crippen LogP contribution in [0.3, 0.4) is 0 Å². The number of non-ortho nitro benzene ring substituents is 1. The molecule has 1 fully saturated rings. The summed E-state index contributed by atoms with van der Waals surface area (Å²) in [6.45, 7) is -0.395. The molecule has 1 saturated heterocycles. The molecule has 0 unspecified atom stereocenters. The number of nitrogens with zero attached hydrogens (tertiary/aromatic N) is 1. The Hall–Kier alpha value is -1.74. The van der Waals surface area contributed by atoms with E-state index in [4.69, 9.17) is 14.6 Å². The Kier molecular flexibility index (Phi) is 4.50. The van der Waals surface area contributed by atoms with Gasteiger partial charge in [-0.05, 0) is 12.1 Å². The summed E-state index contributed by atoms with van der Waals surface area (Å²) in [4.78, 5) is 9.98. The Morgan fingerprint density at radius 3 is 2.50 bits per heavy atom. The molecule has 20 heavy (non-hydrogen) atoms. The van der Waals surface area contributed by atoms with Crippen LogP contribution in [0.25, 0.3) is 0 Å². The second kappa shape index (κ2) is 6.14. The number of aliphatic hydroxyl groups excluding tert-OH is 3. The third kappa shape index (κ3) is 3.23. The van der Waals surface area contributed by atoms with Crippen molar-refractivity contribution >= 4 is 5.69 Å². The van der Waals surface area contributed by atoms with Gasteiger partial charge in [-0.15, -0.1) is 0 Å². The molecule has 3 N–H and O–H groups in total. The minimum absolute atomic E-state index is 0.0167. The molecule has 0 aromatic heterocycles. The zero-order valence-electron chi connectivity index (χ0n) is 10.5. The zero-order valence-corrected chi connectivity index (χ0v) is 10.5. The van der Waals surface area contributed by atoms with Crippen LogP contribution in [0.15, 0.2) is 24.3 Å². The summed E-state index contributed by atoms with van der Waals surface area (Å²) in [5, 5.41) is 38.9. The van der Waals surface area contributed by atoms with Gasteiger partial charge in [0.15, 0.2) is 0 Å². The number of nitro groups is 1. The first-order chi connectivity index (χ1) is 9.51. The standard InChI is InChI=1S/C12H15NO7/c14-6-11-9(15)5-10(16)12(20-11)19-8-3-1-7(2-4-8)13(17)18/h1-4,9-12,14-16H,5-6H2/t9-,10-,11+,12-/m0/s1. The summed E-state index contributed by atoms with van der Waals surface area (Å²) in [6.07, 6.45) is -3.88. The molecule has 1 aliphatic rings. The molecule has 0 aliphatic carbocycles. The molecular weight excluding hydrogens is 270 g/mol. The predicted molar refractivity (Wildman–Crippen MR) is 66.1 cm³/mol. The van der Waals surface area contributed by atoms with Crippen LogP contribution in [0.4, 0.5) is 5.69 Å². The summed E-state index contributed by atoms with van der Waals surface area (Å²) >= 11 is 0. The van der Waals surface area contributed by atoms with Crippen LogP contribution in [0.5, 0.6) is 5.75 Å². The van der Waals surface area contributed by atoms with Crippen LogP contribution in [0.2, 0.25) is 0 Å². The van der Waals surface area contributed by atoms with E-state index in [2.05, 4.69) is 0 Å². The average Bonchev–Trinajstić information content (AvgIpc) is 2.42. The lowest BCUT2D eigenvalue weighted by Gasteiger charge is -2.36. The van der Waals surface area contributed by atoms with E-state index in [9.17, 15) is 20.3 Å². The van der Waals surface area contributed by atoms with E-state index in [0.717, 1.165) is 0 Å². The Labute approximate surface area is 114 Å². The summed E-state index contributed by atoms with van der Waals surface area (Å²) in [7, 11) is 0. The van der Waals surface area contributed by atoms with Crippen LogP contribution < -0.4 is 4.74 Å². The molecule has 0 saturated carbocycles. The van der Waals surface area contributed by atoms with Crippen LogP contribution >= 0.6 is 0 Å². The van der Waals surface area contributed by atoms with Crippen LogP contribution in [-0.4, -0.2) is 51.5 Å². The maximum Gasteiger partial charge on any atom is 0.269 e. The molecule has 0 bridgehead atoms. The molecular formula is C12H15NO7. The molecule has 1 aliphatic heterocycles. The topological polar surface area (TPSA) is 122 Å². The van der Waals surface area contributed by atoms with Gasteiger partial charge < -0.3 is 24.8 Å². The van der Waals surface area contributed by atoms with Gasteiger partial charge in [-0.3, -0.25) is 10.1 Å². The van der Waals surface area contributed by atoms with Gasteiger partial charge in [0.25, 0.3) is 5.69 Å². The first kappa shape index (κ1) is 14.7. The highest BCUT2D eigenvalue weighted by atomic mass is 16.7. The lowest BCUT2D eigenvalue weighted by Crippen LogP contribution is -2.50. The second-order valence-electron chi connectivity index (χ2n) is 4.46. The lowest BCUT2D eigenvalue weighted by molar-refractivity contribution is -0.384. The van der Waals surface area contributed by atoms with E-state index >= 15 is 0 Å². The highest BCUT2D eigenvalue weighted by Gasteiger charge is 2.37. The van der Waals surface area contributed by atoms with E-state index in [1.165, 1.54) is 24.3 Å². The maximum absolute atomic E-state index is 10.5. The number of ether oxygens (including phenoxy) is 2. The minimum atomic E-state index is -1.05. The summed E-state index contributed by atoms with van der Waals surface area (Å²) in [5.41, 5.74) is -0.0777. The van der Waals surface area contributed by atoms with Crippen LogP contribution in [-0.2, 0) is 4.74 Å². The van der Waals surface area contributed by atoms with Gasteiger partial charge in [0.05, 0.1) is 17.6 Å². The smallest absolute Gasteiger partial charge is 0.269 e. The van der Waals surface area contributed by atoms with E-state index < -0.39 is 36.1 Å². The molecule has 4 atom stereocenters. The molecule has 1 heterocycles. The number of hydrogen-bond acceptors (Lipinski definition) is 7. The normalized spacial score (nSPS) is 29.9. The Balaban J connectivity index is 2.03. The third-order valence-corrected chi connectivity index (χ3v) is 3.01. The first-order valence-electron chi connectivity index (χ1n) is 6.05. The highest BCUT2D eigenvalue weighted by molar-refractivity contribution is 5.36. The molecule has 8 heteroatoms. The lowest BCUT2D eigenvalue weighted by atomic mass is 10.0. The van der Waals surface area contributed by atoms with E-state index in [0.29, 0.717) is 0 Å². The number of nitro benzene ring substituents is 1. The van der Waals surface area contributed by atoms with Crippen LogP contribution in [0.1, 0.15) is 6.42 Å². The van der Waals surface area contributed by atoms with Gasteiger partial charge in [0.2, 0.25) is 6.29 Å². The predicted octanol–water partition coefficient (Wildman–Crippen LogP) is -0.197. The van der Waals surface area contributed by atoms with Crippen molar-refractivity contribution in [3.8, 4) is 5.75 Å². The van der Waals surface area contributed by atoms with E-state index in [1.54, 1.807) is 0 Å². The fourth-order valence-electron chi connectivity index (χ4n) is 1.92. The SMILES string of the molecule is O=[N+]([O-])c1ccc(O[C@H]2O[C@H](CO)[C@@H](O)C[C@@H]2O)cc1. The molecule has 8 nitrogen and oxygen atoms in total. The zero-order chi connectivity index (χ0) is 14.7. The molecule has 1 aromatic rings. The van der Waals surface area contributed by atoms with Crippen molar-refractivity contribution in [1.29, 1.82) is 0 Å². The van der Waals surface area contributed by atoms with Gasteiger partial charge in [-0.2, -0.15) is 0 Å². The highest BCUT2D eigenvalue weighted by Crippen LogP contribution is 2.25. The quantitative estimate of drug-likeness (QED) is 0.517. The minimum Gasteiger partial charge on any atom is -0.462 e. The first-order valence-corrected chi connectivity index (χ1v) is 6.05. The largest absolute Gasteiger partial charge is 0.462 e. The summed E-state index contributed by atoms with van der Waals surface area (Å²) in [6, 6.07) is 5.30. The Morgan fingerprint density at radius 1 is 1.30 bits per heavy atom. The molecule has 1 aromatic carbocycles. The van der Waals surface area contributed by atoms with Crippen molar-refractivity contribution in [2.45, 2.75) is 31.0 Å². The number of aliphatic hydroxyl groups is 3. The molecule has 0 radical (unpaired) electrons. The van der Waals surface area contributed by atoms with Crippen LogP contribution in [0, 0.1) is 10.1 Å². The maximum atomic E-state index is 10.5. The van der Waals surface area contributed by atoms with Crippen molar-refractivity contribution in [2.75, 3.05) is 6.61 Å². The van der Waals surface area contributed by atoms with E-state index in [1.807, 2.05) is 0 Å². The summed E-state index contributed by atoms with van der Waals surface area (Å²) in [5.74, 6) is 0.285. The molecule has 0 spiro atoms. The monoisotopic (exact) mass is 285 g/mol. The van der Waals surface area contributed by atoms with Crippen molar-refractivity contribution in [2.24, 2.45) is 0 Å². The Bertz CT molecular complexity index is 463. The average molecular weight is 285 g/mol.